The van der Waals surface area contributed by atoms with Crippen molar-refractivity contribution in [3.63, 3.8) is 0 Å². The van der Waals surface area contributed by atoms with Crippen LogP contribution in [-0.2, 0) is 7.05 Å². The van der Waals surface area contributed by atoms with E-state index in [2.05, 4.69) is 21.0 Å². The molecule has 68 valence electrons. The summed E-state index contributed by atoms with van der Waals surface area (Å²) in [5.41, 5.74) is 0.698. The second kappa shape index (κ2) is 4.02. The molecule has 1 aromatic heterocycles. The van der Waals surface area contributed by atoms with Gasteiger partial charge in [-0.1, -0.05) is 0 Å². The Morgan fingerprint density at radius 3 is 2.83 bits per heavy atom. The first-order valence-electron chi connectivity index (χ1n) is 3.63. The zero-order valence-corrected chi connectivity index (χ0v) is 8.32. The molecule has 5 heteroatoms. The van der Waals surface area contributed by atoms with Crippen LogP contribution in [0.2, 0.25) is 0 Å². The van der Waals surface area contributed by atoms with Crippen LogP contribution in [0.3, 0.4) is 0 Å². The molecule has 0 unspecified atom stereocenters. The predicted molar refractivity (Wildman–Crippen MR) is 47.6 cm³/mol. The summed E-state index contributed by atoms with van der Waals surface area (Å²) in [5, 5.41) is 22.1. The molecule has 12 heavy (non-hydrogen) atoms. The maximum atomic E-state index is 9.52. The van der Waals surface area contributed by atoms with Gasteiger partial charge in [0.15, 0.2) is 0 Å². The standard InChI is InChI=1S/C7H11BrN2O2/c1-10-7(5(8)4-9-10)6(12)2-3-11/h4,6,11-12H,2-3H2,1H3/t6-/m0/s1. The Kier molecular flexibility index (Phi) is 3.25. The van der Waals surface area contributed by atoms with Crippen molar-refractivity contribution in [2.45, 2.75) is 12.5 Å². The van der Waals surface area contributed by atoms with Crippen molar-refractivity contribution in [2.75, 3.05) is 6.61 Å². The first-order chi connectivity index (χ1) is 5.66. The van der Waals surface area contributed by atoms with Crippen LogP contribution in [-0.4, -0.2) is 26.6 Å². The van der Waals surface area contributed by atoms with E-state index in [1.165, 1.54) is 0 Å². The van der Waals surface area contributed by atoms with E-state index < -0.39 is 6.10 Å². The van der Waals surface area contributed by atoms with Crippen LogP contribution >= 0.6 is 15.9 Å². The average molecular weight is 235 g/mol. The third-order valence-electron chi connectivity index (χ3n) is 1.66. The summed E-state index contributed by atoms with van der Waals surface area (Å²) in [6.45, 7) is -0.0290. The normalized spacial score (nSPS) is 13.3. The molecule has 0 saturated carbocycles. The molecule has 1 rings (SSSR count). The van der Waals surface area contributed by atoms with Gasteiger partial charge in [0.1, 0.15) is 0 Å². The fourth-order valence-electron chi connectivity index (χ4n) is 1.05. The molecule has 4 nitrogen and oxygen atoms in total. The Bertz CT molecular complexity index is 242. The van der Waals surface area contributed by atoms with Crippen LogP contribution in [0.5, 0.6) is 0 Å². The number of aliphatic hydroxyl groups excluding tert-OH is 2. The van der Waals surface area contributed by atoms with Gasteiger partial charge in [0.2, 0.25) is 0 Å². The third-order valence-corrected chi connectivity index (χ3v) is 2.27. The summed E-state index contributed by atoms with van der Waals surface area (Å²) < 4.78 is 2.36. The summed E-state index contributed by atoms with van der Waals surface area (Å²) in [7, 11) is 1.75. The molecule has 0 spiro atoms. The van der Waals surface area contributed by atoms with E-state index in [0.29, 0.717) is 12.1 Å². The number of hydrogen-bond donors (Lipinski definition) is 2. The number of halogens is 1. The molecule has 0 aliphatic heterocycles. The number of hydrogen-bond acceptors (Lipinski definition) is 3. The molecule has 0 aromatic carbocycles. The highest BCUT2D eigenvalue weighted by Gasteiger charge is 2.14. The van der Waals surface area contributed by atoms with Gasteiger partial charge in [-0.15, -0.1) is 0 Å². The topological polar surface area (TPSA) is 58.3 Å². The van der Waals surface area contributed by atoms with Gasteiger partial charge < -0.3 is 10.2 Å². The Morgan fingerprint density at radius 1 is 1.75 bits per heavy atom. The molecule has 0 saturated heterocycles. The van der Waals surface area contributed by atoms with Gasteiger partial charge in [-0.05, 0) is 15.9 Å². The second-order valence-electron chi connectivity index (χ2n) is 2.53. The molecule has 1 atom stereocenters. The number of nitrogens with zero attached hydrogens (tertiary/aromatic N) is 2. The average Bonchev–Trinajstić information content (AvgIpc) is 2.32. The molecule has 1 heterocycles. The molecule has 0 amide bonds. The van der Waals surface area contributed by atoms with Crippen LogP contribution < -0.4 is 0 Å². The van der Waals surface area contributed by atoms with Crippen molar-refractivity contribution < 1.29 is 10.2 Å². The number of aliphatic hydroxyl groups is 2. The lowest BCUT2D eigenvalue weighted by molar-refractivity contribution is 0.126. The molecule has 0 bridgehead atoms. The van der Waals surface area contributed by atoms with E-state index >= 15 is 0 Å². The Labute approximate surface area is 79.0 Å². The smallest absolute Gasteiger partial charge is 0.0989 e. The Morgan fingerprint density at radius 2 is 2.42 bits per heavy atom. The molecule has 0 aliphatic rings. The van der Waals surface area contributed by atoms with E-state index in [0.717, 1.165) is 4.47 Å². The molecule has 0 radical (unpaired) electrons. The summed E-state index contributed by atoms with van der Waals surface area (Å²) in [6, 6.07) is 0. The first-order valence-corrected chi connectivity index (χ1v) is 4.42. The number of aryl methyl sites for hydroxylation is 1. The number of aromatic nitrogens is 2. The van der Waals surface area contributed by atoms with E-state index in [9.17, 15) is 5.11 Å². The minimum atomic E-state index is -0.656. The van der Waals surface area contributed by atoms with E-state index in [1.54, 1.807) is 17.9 Å². The van der Waals surface area contributed by atoms with Crippen LogP contribution in [0.1, 0.15) is 18.2 Å². The SMILES string of the molecule is Cn1ncc(Br)c1[C@@H](O)CCO. The van der Waals surface area contributed by atoms with Gasteiger partial charge in [-0.2, -0.15) is 5.10 Å². The van der Waals surface area contributed by atoms with Gasteiger partial charge in [0.05, 0.1) is 22.5 Å². The second-order valence-corrected chi connectivity index (χ2v) is 3.38. The predicted octanol–water partition coefficient (Wildman–Crippen LogP) is 0.598. The fraction of sp³-hybridized carbons (Fsp3) is 0.571. The van der Waals surface area contributed by atoms with Crippen LogP contribution in [0.4, 0.5) is 0 Å². The zero-order chi connectivity index (χ0) is 9.14. The third kappa shape index (κ3) is 1.85. The van der Waals surface area contributed by atoms with Crippen molar-refractivity contribution in [1.29, 1.82) is 0 Å². The highest BCUT2D eigenvalue weighted by Crippen LogP contribution is 2.24. The van der Waals surface area contributed by atoms with Crippen molar-refractivity contribution >= 4 is 15.9 Å². The summed E-state index contributed by atoms with van der Waals surface area (Å²) in [4.78, 5) is 0. The van der Waals surface area contributed by atoms with E-state index in [1.807, 2.05) is 0 Å². The largest absolute Gasteiger partial charge is 0.396 e. The molecule has 1 aromatic rings. The summed E-state index contributed by atoms with van der Waals surface area (Å²) >= 11 is 3.26. The quantitative estimate of drug-likeness (QED) is 0.806. The molecular weight excluding hydrogens is 224 g/mol. The monoisotopic (exact) mass is 234 g/mol. The lowest BCUT2D eigenvalue weighted by Gasteiger charge is -2.09. The lowest BCUT2D eigenvalue weighted by atomic mass is 10.2. The first kappa shape index (κ1) is 9.70. The van der Waals surface area contributed by atoms with Crippen molar-refractivity contribution in [1.82, 2.24) is 9.78 Å². The van der Waals surface area contributed by atoms with Crippen molar-refractivity contribution in [2.24, 2.45) is 7.05 Å². The lowest BCUT2D eigenvalue weighted by Crippen LogP contribution is -2.07. The van der Waals surface area contributed by atoms with Crippen LogP contribution in [0, 0.1) is 0 Å². The molecule has 2 N–H and O–H groups in total. The maximum Gasteiger partial charge on any atom is 0.0989 e. The van der Waals surface area contributed by atoms with Crippen molar-refractivity contribution in [3.8, 4) is 0 Å². The Hall–Kier alpha value is -0.390. The van der Waals surface area contributed by atoms with Crippen molar-refractivity contribution in [3.05, 3.63) is 16.4 Å². The summed E-state index contributed by atoms with van der Waals surface area (Å²) in [5.74, 6) is 0. The number of rotatable bonds is 3. The minimum Gasteiger partial charge on any atom is -0.396 e. The highest BCUT2D eigenvalue weighted by atomic mass is 79.9. The molecule has 0 fully saturated rings. The maximum absolute atomic E-state index is 9.52. The minimum absolute atomic E-state index is 0.0290. The van der Waals surface area contributed by atoms with Crippen LogP contribution in [0.25, 0.3) is 0 Å². The van der Waals surface area contributed by atoms with Gasteiger partial charge in [-0.3, -0.25) is 4.68 Å². The van der Waals surface area contributed by atoms with E-state index in [4.69, 9.17) is 5.11 Å². The highest BCUT2D eigenvalue weighted by molar-refractivity contribution is 9.10. The summed E-state index contributed by atoms with van der Waals surface area (Å²) in [6.07, 6.45) is 1.30. The Balaban J connectivity index is 2.85. The molecule has 0 aliphatic carbocycles. The fourth-order valence-corrected chi connectivity index (χ4v) is 1.67. The zero-order valence-electron chi connectivity index (χ0n) is 6.74. The van der Waals surface area contributed by atoms with Gasteiger partial charge in [-0.25, -0.2) is 0 Å². The van der Waals surface area contributed by atoms with Gasteiger partial charge in [0.25, 0.3) is 0 Å². The molecular formula is C7H11BrN2O2. The van der Waals surface area contributed by atoms with Crippen LogP contribution in [0.15, 0.2) is 10.7 Å². The van der Waals surface area contributed by atoms with Gasteiger partial charge >= 0.3 is 0 Å². The van der Waals surface area contributed by atoms with E-state index in [-0.39, 0.29) is 6.61 Å². The van der Waals surface area contributed by atoms with Gasteiger partial charge in [0, 0.05) is 20.1 Å².